The van der Waals surface area contributed by atoms with E-state index in [9.17, 15) is 8.42 Å². The van der Waals surface area contributed by atoms with E-state index in [1.807, 2.05) is 13.0 Å². The van der Waals surface area contributed by atoms with Crippen molar-refractivity contribution in [2.75, 3.05) is 13.3 Å². The van der Waals surface area contributed by atoms with Gasteiger partial charge in [0, 0.05) is 6.26 Å². The number of sulfone groups is 1. The van der Waals surface area contributed by atoms with Gasteiger partial charge in [0.15, 0.2) is 9.84 Å². The van der Waals surface area contributed by atoms with E-state index in [1.165, 1.54) is 6.26 Å². The highest BCUT2D eigenvalue weighted by molar-refractivity contribution is 7.91. The molecule has 1 rings (SSSR count). The highest BCUT2D eigenvalue weighted by Crippen LogP contribution is 2.23. The molecule has 0 aliphatic rings. The van der Waals surface area contributed by atoms with Gasteiger partial charge in [0.1, 0.15) is 11.5 Å². The number of aryl methyl sites for hydroxylation is 1. The molecule has 0 fully saturated rings. The Morgan fingerprint density at radius 1 is 1.40 bits per heavy atom. The van der Waals surface area contributed by atoms with Crippen molar-refractivity contribution in [1.82, 2.24) is 5.32 Å². The Labute approximate surface area is 90.6 Å². The van der Waals surface area contributed by atoms with E-state index in [1.54, 1.807) is 20.0 Å². The Morgan fingerprint density at radius 3 is 2.33 bits per heavy atom. The van der Waals surface area contributed by atoms with Gasteiger partial charge in [0.2, 0.25) is 0 Å². The molecule has 1 heterocycles. The third-order valence-corrected chi connectivity index (χ3v) is 4.15. The number of hydrogen-bond acceptors (Lipinski definition) is 4. The Hall–Kier alpha value is -0.810. The van der Waals surface area contributed by atoms with Gasteiger partial charge in [-0.25, -0.2) is 8.42 Å². The zero-order chi connectivity index (χ0) is 11.6. The molecule has 0 radical (unpaired) electrons. The lowest BCUT2D eigenvalue weighted by molar-refractivity contribution is 0.407. The van der Waals surface area contributed by atoms with E-state index < -0.39 is 15.1 Å². The second kappa shape index (κ2) is 4.37. The molecule has 0 aliphatic heterocycles. The van der Waals surface area contributed by atoms with Crippen LogP contribution in [0.25, 0.3) is 0 Å². The van der Waals surface area contributed by atoms with Crippen LogP contribution in [0.2, 0.25) is 0 Å². The van der Waals surface area contributed by atoms with Gasteiger partial charge in [-0.15, -0.1) is 0 Å². The minimum atomic E-state index is -3.08. The van der Waals surface area contributed by atoms with Crippen LogP contribution in [-0.4, -0.2) is 27.0 Å². The Bertz CT molecular complexity index is 422. The van der Waals surface area contributed by atoms with Gasteiger partial charge in [0.05, 0.1) is 11.3 Å². The smallest absolute Gasteiger partial charge is 0.152 e. The molecule has 0 bridgehead atoms. The average molecular weight is 231 g/mol. The second-order valence-electron chi connectivity index (χ2n) is 3.75. The van der Waals surface area contributed by atoms with E-state index in [0.29, 0.717) is 5.76 Å². The maximum atomic E-state index is 11.4. The monoisotopic (exact) mass is 231 g/mol. The summed E-state index contributed by atoms with van der Waals surface area (Å²) in [4.78, 5) is 0. The molecule has 5 heteroatoms. The van der Waals surface area contributed by atoms with Crippen molar-refractivity contribution in [1.29, 1.82) is 0 Å². The molecule has 0 amide bonds. The molecule has 0 spiro atoms. The lowest BCUT2D eigenvalue weighted by atomic mass is 10.2. The van der Waals surface area contributed by atoms with Crippen molar-refractivity contribution < 1.29 is 12.8 Å². The van der Waals surface area contributed by atoms with Crippen LogP contribution in [0.3, 0.4) is 0 Å². The molecule has 2 unspecified atom stereocenters. The van der Waals surface area contributed by atoms with Crippen molar-refractivity contribution >= 4 is 9.84 Å². The van der Waals surface area contributed by atoms with Gasteiger partial charge in [-0.2, -0.15) is 0 Å². The summed E-state index contributed by atoms with van der Waals surface area (Å²) in [6.07, 6.45) is 1.23. The number of rotatable bonds is 4. The van der Waals surface area contributed by atoms with Gasteiger partial charge >= 0.3 is 0 Å². The summed E-state index contributed by atoms with van der Waals surface area (Å²) in [6.45, 7) is 3.51. The lowest BCUT2D eigenvalue weighted by Crippen LogP contribution is -2.32. The van der Waals surface area contributed by atoms with Gasteiger partial charge < -0.3 is 9.73 Å². The molecular formula is C10H17NO3S. The maximum absolute atomic E-state index is 11.4. The fraction of sp³-hybridized carbons (Fsp3) is 0.600. The largest absolute Gasteiger partial charge is 0.465 e. The van der Waals surface area contributed by atoms with Crippen LogP contribution >= 0.6 is 0 Å². The predicted octanol–water partition coefficient (Wildman–Crippen LogP) is 1.28. The molecule has 15 heavy (non-hydrogen) atoms. The Balaban J connectivity index is 2.99. The number of nitrogens with one attached hydrogen (secondary N) is 1. The van der Waals surface area contributed by atoms with Crippen LogP contribution in [0, 0.1) is 6.92 Å². The first-order valence-electron chi connectivity index (χ1n) is 4.78. The summed E-state index contributed by atoms with van der Waals surface area (Å²) in [6, 6.07) is 3.33. The molecule has 4 nitrogen and oxygen atoms in total. The van der Waals surface area contributed by atoms with E-state index in [0.717, 1.165) is 5.76 Å². The standard InChI is InChI=1S/C10H17NO3S/c1-7-5-6-9(14-7)10(11-3)8(2)15(4,12)13/h5-6,8,10-11H,1-4H3. The molecule has 0 aromatic carbocycles. The van der Waals surface area contributed by atoms with Crippen LogP contribution in [-0.2, 0) is 9.84 Å². The van der Waals surface area contributed by atoms with E-state index in [-0.39, 0.29) is 6.04 Å². The molecule has 0 aliphatic carbocycles. The van der Waals surface area contributed by atoms with Gasteiger partial charge in [-0.1, -0.05) is 0 Å². The molecule has 0 saturated heterocycles. The zero-order valence-electron chi connectivity index (χ0n) is 9.44. The maximum Gasteiger partial charge on any atom is 0.152 e. The summed E-state index contributed by atoms with van der Waals surface area (Å²) < 4.78 is 28.3. The summed E-state index contributed by atoms with van der Waals surface area (Å²) in [7, 11) is -1.35. The van der Waals surface area contributed by atoms with E-state index >= 15 is 0 Å². The summed E-state index contributed by atoms with van der Waals surface area (Å²) in [5.41, 5.74) is 0. The summed E-state index contributed by atoms with van der Waals surface area (Å²) in [5.74, 6) is 1.44. The number of furan rings is 1. The van der Waals surface area contributed by atoms with Crippen molar-refractivity contribution in [2.24, 2.45) is 0 Å². The van der Waals surface area contributed by atoms with Crippen LogP contribution in [0.5, 0.6) is 0 Å². The molecular weight excluding hydrogens is 214 g/mol. The average Bonchev–Trinajstić information content (AvgIpc) is 2.51. The van der Waals surface area contributed by atoms with Crippen LogP contribution in [0.15, 0.2) is 16.5 Å². The van der Waals surface area contributed by atoms with Crippen molar-refractivity contribution in [3.05, 3.63) is 23.7 Å². The third kappa shape index (κ3) is 2.82. The van der Waals surface area contributed by atoms with E-state index in [2.05, 4.69) is 5.32 Å². The summed E-state index contributed by atoms with van der Waals surface area (Å²) in [5, 5.41) is 2.46. The predicted molar refractivity (Wildman–Crippen MR) is 59.6 cm³/mol. The van der Waals surface area contributed by atoms with Crippen molar-refractivity contribution in [3.8, 4) is 0 Å². The highest BCUT2D eigenvalue weighted by Gasteiger charge is 2.28. The lowest BCUT2D eigenvalue weighted by Gasteiger charge is -2.19. The Kier molecular flexibility index (Phi) is 3.57. The molecule has 1 N–H and O–H groups in total. The van der Waals surface area contributed by atoms with Gasteiger partial charge in [-0.05, 0) is 33.0 Å². The van der Waals surface area contributed by atoms with E-state index in [4.69, 9.17) is 4.42 Å². The quantitative estimate of drug-likeness (QED) is 0.848. The zero-order valence-corrected chi connectivity index (χ0v) is 10.3. The fourth-order valence-electron chi connectivity index (χ4n) is 1.48. The molecule has 1 aromatic rings. The first-order chi connectivity index (χ1) is 6.86. The SMILES string of the molecule is CNC(c1ccc(C)o1)C(C)S(C)(=O)=O. The minimum absolute atomic E-state index is 0.298. The van der Waals surface area contributed by atoms with Crippen LogP contribution in [0.4, 0.5) is 0 Å². The molecule has 0 saturated carbocycles. The normalized spacial score (nSPS) is 16.3. The minimum Gasteiger partial charge on any atom is -0.465 e. The molecule has 1 aromatic heterocycles. The van der Waals surface area contributed by atoms with Crippen LogP contribution < -0.4 is 5.32 Å². The topological polar surface area (TPSA) is 59.3 Å². The second-order valence-corrected chi connectivity index (χ2v) is 6.15. The highest BCUT2D eigenvalue weighted by atomic mass is 32.2. The summed E-state index contributed by atoms with van der Waals surface area (Å²) >= 11 is 0. The van der Waals surface area contributed by atoms with Crippen molar-refractivity contribution in [3.63, 3.8) is 0 Å². The third-order valence-electron chi connectivity index (χ3n) is 2.52. The van der Waals surface area contributed by atoms with Crippen LogP contribution in [0.1, 0.15) is 24.5 Å². The first-order valence-corrected chi connectivity index (χ1v) is 6.74. The Morgan fingerprint density at radius 2 is 2.00 bits per heavy atom. The molecule has 2 atom stereocenters. The van der Waals surface area contributed by atoms with Gasteiger partial charge in [0.25, 0.3) is 0 Å². The molecule has 86 valence electrons. The van der Waals surface area contributed by atoms with Gasteiger partial charge in [-0.3, -0.25) is 0 Å². The van der Waals surface area contributed by atoms with Crippen molar-refractivity contribution in [2.45, 2.75) is 25.1 Å². The number of hydrogen-bond donors (Lipinski definition) is 1. The first kappa shape index (κ1) is 12.3. The fourth-order valence-corrected chi connectivity index (χ4v) is 2.24.